The average Bonchev–Trinajstić information content (AvgIpc) is 2.92. The van der Waals surface area contributed by atoms with Crippen LogP contribution in [0.1, 0.15) is 19.4 Å². The van der Waals surface area contributed by atoms with Gasteiger partial charge in [-0.25, -0.2) is 9.97 Å². The Morgan fingerprint density at radius 2 is 1.67 bits per heavy atom. The standard InChI is InChI=1S/C15H16N4.C2H6/c1-11-8-16-15-17-14(10-19(15)9-11)12-4-6-13(7-5-12)18(2)3;1-2/h4-10H,1-3H3;1-2H3. The van der Waals surface area contributed by atoms with Gasteiger partial charge in [-0.3, -0.25) is 4.40 Å². The lowest BCUT2D eigenvalue weighted by molar-refractivity contribution is 1.08. The second-order valence-electron chi connectivity index (χ2n) is 4.91. The van der Waals surface area contributed by atoms with Crippen molar-refractivity contribution in [1.82, 2.24) is 14.4 Å². The number of anilines is 1. The minimum atomic E-state index is 0.734. The van der Waals surface area contributed by atoms with Crippen LogP contribution in [-0.4, -0.2) is 28.5 Å². The zero-order chi connectivity index (χ0) is 15.4. The first kappa shape index (κ1) is 15.0. The van der Waals surface area contributed by atoms with Crippen LogP contribution < -0.4 is 4.90 Å². The summed E-state index contributed by atoms with van der Waals surface area (Å²) in [6.45, 7) is 6.03. The van der Waals surface area contributed by atoms with Crippen LogP contribution in [0.25, 0.3) is 17.0 Å². The van der Waals surface area contributed by atoms with Gasteiger partial charge in [0.25, 0.3) is 0 Å². The van der Waals surface area contributed by atoms with Crippen molar-refractivity contribution in [2.45, 2.75) is 20.8 Å². The molecule has 4 heteroatoms. The summed E-state index contributed by atoms with van der Waals surface area (Å²) in [6, 6.07) is 8.37. The Kier molecular flexibility index (Phi) is 4.58. The molecule has 0 unspecified atom stereocenters. The van der Waals surface area contributed by atoms with E-state index in [2.05, 4.69) is 39.1 Å². The first-order chi connectivity index (χ1) is 10.1. The molecule has 4 nitrogen and oxygen atoms in total. The number of rotatable bonds is 2. The first-order valence-electron chi connectivity index (χ1n) is 7.22. The minimum Gasteiger partial charge on any atom is -0.378 e. The van der Waals surface area contributed by atoms with Crippen molar-refractivity contribution >= 4 is 11.5 Å². The number of hydrogen-bond donors (Lipinski definition) is 0. The molecule has 0 atom stereocenters. The van der Waals surface area contributed by atoms with Crippen molar-refractivity contribution in [2.75, 3.05) is 19.0 Å². The lowest BCUT2D eigenvalue weighted by Crippen LogP contribution is -2.07. The summed E-state index contributed by atoms with van der Waals surface area (Å²) in [7, 11) is 4.07. The van der Waals surface area contributed by atoms with Gasteiger partial charge in [0.15, 0.2) is 0 Å². The fourth-order valence-electron chi connectivity index (χ4n) is 2.06. The molecule has 0 saturated heterocycles. The first-order valence-corrected chi connectivity index (χ1v) is 7.22. The van der Waals surface area contributed by atoms with Crippen molar-refractivity contribution in [3.05, 3.63) is 48.4 Å². The number of fused-ring (bicyclic) bond motifs is 1. The summed E-state index contributed by atoms with van der Waals surface area (Å²) < 4.78 is 1.96. The largest absolute Gasteiger partial charge is 0.378 e. The van der Waals surface area contributed by atoms with Crippen LogP contribution in [0, 0.1) is 6.92 Å². The highest BCUT2D eigenvalue weighted by molar-refractivity contribution is 5.64. The van der Waals surface area contributed by atoms with Gasteiger partial charge in [-0.2, -0.15) is 0 Å². The molecule has 0 aliphatic rings. The molecule has 0 fully saturated rings. The van der Waals surface area contributed by atoms with Gasteiger partial charge in [0.1, 0.15) is 0 Å². The van der Waals surface area contributed by atoms with Crippen molar-refractivity contribution in [3.63, 3.8) is 0 Å². The van der Waals surface area contributed by atoms with Crippen LogP contribution in [0.4, 0.5) is 5.69 Å². The third kappa shape index (κ3) is 3.21. The number of nitrogens with zero attached hydrogens (tertiary/aromatic N) is 4. The van der Waals surface area contributed by atoms with E-state index in [4.69, 9.17) is 0 Å². The molecular weight excluding hydrogens is 260 g/mol. The Labute approximate surface area is 126 Å². The zero-order valence-electron chi connectivity index (χ0n) is 13.3. The number of benzene rings is 1. The number of imidazole rings is 1. The molecule has 110 valence electrons. The summed E-state index contributed by atoms with van der Waals surface area (Å²) >= 11 is 0. The van der Waals surface area contributed by atoms with Gasteiger partial charge in [-0.05, 0) is 24.6 Å². The van der Waals surface area contributed by atoms with E-state index in [1.165, 1.54) is 5.69 Å². The molecule has 3 aromatic rings. The minimum absolute atomic E-state index is 0.734. The molecular formula is C17H22N4. The zero-order valence-corrected chi connectivity index (χ0v) is 13.3. The molecule has 2 aromatic heterocycles. The van der Waals surface area contributed by atoms with Crippen LogP contribution in [0.15, 0.2) is 42.9 Å². The van der Waals surface area contributed by atoms with Crippen LogP contribution in [0.2, 0.25) is 0 Å². The fourth-order valence-corrected chi connectivity index (χ4v) is 2.06. The predicted octanol–water partition coefficient (Wildman–Crippen LogP) is 3.80. The quantitative estimate of drug-likeness (QED) is 0.717. The highest BCUT2D eigenvalue weighted by Crippen LogP contribution is 2.21. The summed E-state index contributed by atoms with van der Waals surface area (Å²) in [5.41, 5.74) is 4.36. The van der Waals surface area contributed by atoms with Gasteiger partial charge in [-0.15, -0.1) is 0 Å². The SMILES string of the molecule is CC.Cc1cnc2nc(-c3ccc(N(C)C)cc3)cn2c1. The van der Waals surface area contributed by atoms with Crippen LogP contribution in [-0.2, 0) is 0 Å². The Morgan fingerprint density at radius 1 is 1.00 bits per heavy atom. The van der Waals surface area contributed by atoms with Gasteiger partial charge < -0.3 is 4.90 Å². The second kappa shape index (κ2) is 6.39. The number of aromatic nitrogens is 3. The molecule has 21 heavy (non-hydrogen) atoms. The molecule has 3 rings (SSSR count). The molecule has 2 heterocycles. The Hall–Kier alpha value is -2.36. The lowest BCUT2D eigenvalue weighted by atomic mass is 10.1. The summed E-state index contributed by atoms with van der Waals surface area (Å²) in [5.74, 6) is 0.734. The van der Waals surface area contributed by atoms with Gasteiger partial charge in [0, 0.05) is 43.9 Å². The van der Waals surface area contributed by atoms with E-state index in [9.17, 15) is 0 Å². The Bertz CT molecular complexity index is 711. The third-order valence-corrected chi connectivity index (χ3v) is 3.12. The van der Waals surface area contributed by atoms with Gasteiger partial charge in [-0.1, -0.05) is 26.0 Å². The Balaban J connectivity index is 0.000000774. The highest BCUT2D eigenvalue weighted by Gasteiger charge is 2.05. The Morgan fingerprint density at radius 3 is 2.29 bits per heavy atom. The monoisotopic (exact) mass is 282 g/mol. The molecule has 0 aliphatic carbocycles. The average molecular weight is 282 g/mol. The summed E-state index contributed by atoms with van der Waals surface area (Å²) in [6.07, 6.45) is 5.88. The maximum absolute atomic E-state index is 4.54. The van der Waals surface area contributed by atoms with Gasteiger partial charge >= 0.3 is 0 Å². The molecule has 0 N–H and O–H groups in total. The topological polar surface area (TPSA) is 33.4 Å². The molecule has 0 saturated carbocycles. The number of hydrogen-bond acceptors (Lipinski definition) is 3. The summed E-state index contributed by atoms with van der Waals surface area (Å²) in [4.78, 5) is 10.9. The molecule has 1 aromatic carbocycles. The van der Waals surface area contributed by atoms with E-state index in [0.717, 1.165) is 22.6 Å². The van der Waals surface area contributed by atoms with Gasteiger partial charge in [0.05, 0.1) is 5.69 Å². The maximum Gasteiger partial charge on any atom is 0.234 e. The normalized spacial score (nSPS) is 10.1. The van der Waals surface area contributed by atoms with E-state index < -0.39 is 0 Å². The van der Waals surface area contributed by atoms with E-state index in [1.807, 2.05) is 57.9 Å². The smallest absolute Gasteiger partial charge is 0.234 e. The van der Waals surface area contributed by atoms with Crippen LogP contribution >= 0.6 is 0 Å². The van der Waals surface area contributed by atoms with E-state index >= 15 is 0 Å². The molecule has 0 radical (unpaired) electrons. The van der Waals surface area contributed by atoms with Crippen molar-refractivity contribution < 1.29 is 0 Å². The number of aryl methyl sites for hydroxylation is 1. The predicted molar refractivity (Wildman–Crippen MR) is 88.8 cm³/mol. The molecule has 0 spiro atoms. The third-order valence-electron chi connectivity index (χ3n) is 3.12. The lowest BCUT2D eigenvalue weighted by Gasteiger charge is -2.11. The van der Waals surface area contributed by atoms with Crippen molar-refractivity contribution in [3.8, 4) is 11.3 Å². The second-order valence-corrected chi connectivity index (χ2v) is 4.91. The van der Waals surface area contributed by atoms with Crippen LogP contribution in [0.3, 0.4) is 0 Å². The van der Waals surface area contributed by atoms with E-state index in [-0.39, 0.29) is 0 Å². The highest BCUT2D eigenvalue weighted by atomic mass is 15.1. The summed E-state index contributed by atoms with van der Waals surface area (Å²) in [5, 5.41) is 0. The van der Waals surface area contributed by atoms with Crippen LogP contribution in [0.5, 0.6) is 0 Å². The molecule has 0 bridgehead atoms. The maximum atomic E-state index is 4.54. The van der Waals surface area contributed by atoms with Crippen molar-refractivity contribution in [1.29, 1.82) is 0 Å². The van der Waals surface area contributed by atoms with E-state index in [1.54, 1.807) is 0 Å². The van der Waals surface area contributed by atoms with Crippen molar-refractivity contribution in [2.24, 2.45) is 0 Å². The van der Waals surface area contributed by atoms with Gasteiger partial charge in [0.2, 0.25) is 5.78 Å². The fraction of sp³-hybridized carbons (Fsp3) is 0.294. The van der Waals surface area contributed by atoms with E-state index in [0.29, 0.717) is 0 Å². The molecule has 0 aliphatic heterocycles. The molecule has 0 amide bonds.